The molecule has 0 saturated heterocycles. The SMILES string of the molecule is CC[C@H](C(=O)NC(C)C)N(CCc1ccccc1)C(=O)CN(c1ccc(C)cc1)S(=O)(=O)c1ccc(C)cc1. The predicted octanol–water partition coefficient (Wildman–Crippen LogP) is 4.87. The molecule has 0 bridgehead atoms. The summed E-state index contributed by atoms with van der Waals surface area (Å²) < 4.78 is 28.9. The summed E-state index contributed by atoms with van der Waals surface area (Å²) in [7, 11) is -4.07. The molecular formula is C31H39N3O4S. The Morgan fingerprint density at radius 1 is 0.846 bits per heavy atom. The molecule has 0 aromatic heterocycles. The molecule has 3 rings (SSSR count). The highest BCUT2D eigenvalue weighted by atomic mass is 32.2. The molecule has 0 spiro atoms. The highest BCUT2D eigenvalue weighted by molar-refractivity contribution is 7.92. The van der Waals surface area contributed by atoms with Gasteiger partial charge in [-0.25, -0.2) is 8.42 Å². The highest BCUT2D eigenvalue weighted by Gasteiger charge is 2.33. The first-order valence-corrected chi connectivity index (χ1v) is 14.8. The molecule has 39 heavy (non-hydrogen) atoms. The maximum Gasteiger partial charge on any atom is 0.264 e. The summed E-state index contributed by atoms with van der Waals surface area (Å²) in [6, 6.07) is 22.5. The highest BCUT2D eigenvalue weighted by Crippen LogP contribution is 2.25. The van der Waals surface area contributed by atoms with Crippen LogP contribution in [0.3, 0.4) is 0 Å². The van der Waals surface area contributed by atoms with Crippen molar-refractivity contribution in [3.63, 3.8) is 0 Å². The lowest BCUT2D eigenvalue weighted by Gasteiger charge is -2.33. The maximum atomic E-state index is 14.0. The molecule has 208 valence electrons. The number of benzene rings is 3. The summed E-state index contributed by atoms with van der Waals surface area (Å²) in [5, 5.41) is 2.92. The molecule has 1 N–H and O–H groups in total. The maximum absolute atomic E-state index is 14.0. The third-order valence-corrected chi connectivity index (χ3v) is 8.30. The average molecular weight is 550 g/mol. The molecule has 0 aliphatic rings. The first-order valence-electron chi connectivity index (χ1n) is 13.3. The smallest absolute Gasteiger partial charge is 0.264 e. The van der Waals surface area contributed by atoms with Crippen LogP contribution in [0.1, 0.15) is 43.9 Å². The topological polar surface area (TPSA) is 86.8 Å². The second-order valence-corrected chi connectivity index (χ2v) is 11.9. The molecular weight excluding hydrogens is 510 g/mol. The van der Waals surface area contributed by atoms with Gasteiger partial charge in [0.1, 0.15) is 12.6 Å². The molecule has 0 heterocycles. The van der Waals surface area contributed by atoms with E-state index in [0.717, 1.165) is 21.0 Å². The summed E-state index contributed by atoms with van der Waals surface area (Å²) in [5.74, 6) is -0.690. The van der Waals surface area contributed by atoms with Crippen molar-refractivity contribution in [1.82, 2.24) is 10.2 Å². The summed E-state index contributed by atoms with van der Waals surface area (Å²) in [6.45, 7) is 9.24. The molecule has 0 unspecified atom stereocenters. The van der Waals surface area contributed by atoms with Gasteiger partial charge in [0.15, 0.2) is 0 Å². The minimum atomic E-state index is -4.07. The van der Waals surface area contributed by atoms with Gasteiger partial charge in [0.05, 0.1) is 10.6 Å². The van der Waals surface area contributed by atoms with Gasteiger partial charge < -0.3 is 10.2 Å². The van der Waals surface area contributed by atoms with E-state index in [1.54, 1.807) is 36.4 Å². The zero-order valence-electron chi connectivity index (χ0n) is 23.4. The Hall–Kier alpha value is -3.65. The Morgan fingerprint density at radius 2 is 1.41 bits per heavy atom. The Morgan fingerprint density at radius 3 is 1.95 bits per heavy atom. The number of hydrogen-bond acceptors (Lipinski definition) is 4. The largest absolute Gasteiger partial charge is 0.352 e. The number of sulfonamides is 1. The fraction of sp³-hybridized carbons (Fsp3) is 0.355. The molecule has 0 aliphatic carbocycles. The van der Waals surface area contributed by atoms with E-state index >= 15 is 0 Å². The van der Waals surface area contributed by atoms with E-state index in [2.05, 4.69) is 5.32 Å². The minimum absolute atomic E-state index is 0.0939. The second kappa shape index (κ2) is 13.4. The van der Waals surface area contributed by atoms with Crippen LogP contribution in [0.2, 0.25) is 0 Å². The molecule has 0 radical (unpaired) electrons. The van der Waals surface area contributed by atoms with Gasteiger partial charge in [0.2, 0.25) is 11.8 Å². The molecule has 0 fully saturated rings. The molecule has 1 atom stereocenters. The van der Waals surface area contributed by atoms with Crippen LogP contribution in [-0.4, -0.2) is 50.3 Å². The monoisotopic (exact) mass is 549 g/mol. The first kappa shape index (κ1) is 29.9. The van der Waals surface area contributed by atoms with Crippen LogP contribution in [-0.2, 0) is 26.0 Å². The van der Waals surface area contributed by atoms with E-state index in [4.69, 9.17) is 0 Å². The summed E-state index contributed by atoms with van der Waals surface area (Å²) >= 11 is 0. The molecule has 7 nitrogen and oxygen atoms in total. The number of nitrogens with zero attached hydrogens (tertiary/aromatic N) is 2. The zero-order valence-corrected chi connectivity index (χ0v) is 24.2. The van der Waals surface area contributed by atoms with Gasteiger partial charge in [-0.3, -0.25) is 13.9 Å². The van der Waals surface area contributed by atoms with Crippen LogP contribution < -0.4 is 9.62 Å². The molecule has 8 heteroatoms. The van der Waals surface area contributed by atoms with Crippen molar-refractivity contribution in [2.75, 3.05) is 17.4 Å². The van der Waals surface area contributed by atoms with Crippen molar-refractivity contribution in [2.24, 2.45) is 0 Å². The number of carbonyl (C=O) groups is 2. The Labute approximate surface area is 232 Å². The van der Waals surface area contributed by atoms with Crippen molar-refractivity contribution < 1.29 is 18.0 Å². The van der Waals surface area contributed by atoms with Crippen molar-refractivity contribution in [3.8, 4) is 0 Å². The van der Waals surface area contributed by atoms with Crippen molar-refractivity contribution in [2.45, 2.75) is 64.4 Å². The number of aryl methyl sites for hydroxylation is 2. The molecule has 0 saturated carbocycles. The van der Waals surface area contributed by atoms with Crippen LogP contribution in [0.4, 0.5) is 5.69 Å². The number of carbonyl (C=O) groups excluding carboxylic acids is 2. The molecule has 0 aliphatic heterocycles. The Bertz CT molecular complexity index is 1340. The van der Waals surface area contributed by atoms with Crippen LogP contribution in [0.15, 0.2) is 83.8 Å². The van der Waals surface area contributed by atoms with E-state index in [1.165, 1.54) is 4.90 Å². The van der Waals surface area contributed by atoms with Crippen LogP contribution >= 0.6 is 0 Å². The van der Waals surface area contributed by atoms with Crippen LogP contribution in [0.25, 0.3) is 0 Å². The quantitative estimate of drug-likeness (QED) is 0.349. The second-order valence-electron chi connectivity index (χ2n) is 10.1. The van der Waals surface area contributed by atoms with Crippen molar-refractivity contribution in [3.05, 3.63) is 95.6 Å². The normalized spacial score (nSPS) is 12.2. The van der Waals surface area contributed by atoms with E-state index in [1.807, 2.05) is 77.1 Å². The van der Waals surface area contributed by atoms with E-state index in [-0.39, 0.29) is 23.4 Å². The molecule has 2 amide bonds. The average Bonchev–Trinajstić information content (AvgIpc) is 2.90. The minimum Gasteiger partial charge on any atom is -0.352 e. The van der Waals surface area contributed by atoms with Gasteiger partial charge in [0, 0.05) is 12.6 Å². The van der Waals surface area contributed by atoms with E-state index in [9.17, 15) is 18.0 Å². The van der Waals surface area contributed by atoms with Gasteiger partial charge in [-0.1, -0.05) is 72.6 Å². The summed E-state index contributed by atoms with van der Waals surface area (Å²) in [6.07, 6.45) is 0.932. The Balaban J connectivity index is 2.00. The lowest BCUT2D eigenvalue weighted by molar-refractivity contribution is -0.139. The number of anilines is 1. The number of amides is 2. The zero-order chi connectivity index (χ0) is 28.6. The first-order chi connectivity index (χ1) is 18.5. The Kier molecular flexibility index (Phi) is 10.3. The standard InChI is InChI=1S/C31H39N3O4S/c1-6-29(31(36)32-23(2)3)33(21-20-26-10-8-7-9-11-26)30(35)22-34(27-16-12-24(4)13-17-27)39(37,38)28-18-14-25(5)15-19-28/h7-19,23,29H,6,20-22H2,1-5H3,(H,32,36)/t29-/m1/s1. The number of hydrogen-bond donors (Lipinski definition) is 1. The van der Waals surface area contributed by atoms with Gasteiger partial charge >= 0.3 is 0 Å². The lowest BCUT2D eigenvalue weighted by Crippen LogP contribution is -2.54. The van der Waals surface area contributed by atoms with Crippen LogP contribution in [0.5, 0.6) is 0 Å². The van der Waals surface area contributed by atoms with E-state index < -0.39 is 28.5 Å². The third-order valence-electron chi connectivity index (χ3n) is 6.51. The van der Waals surface area contributed by atoms with Crippen molar-refractivity contribution >= 4 is 27.5 Å². The van der Waals surface area contributed by atoms with Crippen molar-refractivity contribution in [1.29, 1.82) is 0 Å². The van der Waals surface area contributed by atoms with Crippen LogP contribution in [0, 0.1) is 13.8 Å². The molecule has 3 aromatic carbocycles. The summed E-state index contributed by atoms with van der Waals surface area (Å²) in [4.78, 5) is 28.7. The van der Waals surface area contributed by atoms with Gasteiger partial charge in [0.25, 0.3) is 10.0 Å². The number of rotatable bonds is 12. The number of nitrogens with one attached hydrogen (secondary N) is 1. The van der Waals surface area contributed by atoms with Gasteiger partial charge in [-0.15, -0.1) is 0 Å². The van der Waals surface area contributed by atoms with Gasteiger partial charge in [-0.05, 0) is 70.4 Å². The van der Waals surface area contributed by atoms with Gasteiger partial charge in [-0.2, -0.15) is 0 Å². The fourth-order valence-corrected chi connectivity index (χ4v) is 5.77. The summed E-state index contributed by atoms with van der Waals surface area (Å²) in [5.41, 5.74) is 3.31. The third kappa shape index (κ3) is 7.93. The fourth-order valence-electron chi connectivity index (χ4n) is 4.35. The molecule has 3 aromatic rings. The lowest BCUT2D eigenvalue weighted by atomic mass is 10.1. The van der Waals surface area contributed by atoms with E-state index in [0.29, 0.717) is 18.5 Å². The predicted molar refractivity (Wildman–Crippen MR) is 156 cm³/mol.